The predicted molar refractivity (Wildman–Crippen MR) is 73.3 cm³/mol. The van der Waals surface area contributed by atoms with Crippen LogP contribution in [0.4, 0.5) is 0 Å². The third-order valence-corrected chi connectivity index (χ3v) is 3.32. The number of aryl methyl sites for hydroxylation is 1. The first-order valence-corrected chi connectivity index (χ1v) is 6.81. The number of amides is 1. The van der Waals surface area contributed by atoms with Crippen LogP contribution < -0.4 is 10.6 Å². The van der Waals surface area contributed by atoms with Crippen molar-refractivity contribution < 1.29 is 4.79 Å². The highest BCUT2D eigenvalue weighted by Gasteiger charge is 2.12. The van der Waals surface area contributed by atoms with Crippen molar-refractivity contribution in [3.05, 3.63) is 21.9 Å². The molecule has 3 nitrogen and oxygen atoms in total. The fourth-order valence-electron chi connectivity index (χ4n) is 1.47. The second-order valence-electron chi connectivity index (χ2n) is 5.25. The Morgan fingerprint density at radius 2 is 2.12 bits per heavy atom. The maximum atomic E-state index is 11.5. The number of thiophene rings is 1. The standard InChI is InChI=1S/C13H22N2OS/c1-10-6-8-17-11(10)9-14-7-5-12(16)15-13(2,3)4/h6,8,14H,5,7,9H2,1-4H3,(H,15,16). The summed E-state index contributed by atoms with van der Waals surface area (Å²) in [6, 6.07) is 2.12. The van der Waals surface area contributed by atoms with Gasteiger partial charge in [-0.3, -0.25) is 4.79 Å². The molecule has 1 heterocycles. The van der Waals surface area contributed by atoms with Crippen molar-refractivity contribution in [3.63, 3.8) is 0 Å². The Bertz CT molecular complexity index is 366. The van der Waals surface area contributed by atoms with E-state index in [0.29, 0.717) is 6.42 Å². The Hall–Kier alpha value is -0.870. The van der Waals surface area contributed by atoms with Crippen LogP contribution in [0.25, 0.3) is 0 Å². The van der Waals surface area contributed by atoms with E-state index in [1.807, 2.05) is 20.8 Å². The number of nitrogens with one attached hydrogen (secondary N) is 2. The Morgan fingerprint density at radius 1 is 1.41 bits per heavy atom. The van der Waals surface area contributed by atoms with Gasteiger partial charge in [-0.1, -0.05) is 0 Å². The molecule has 0 fully saturated rings. The zero-order chi connectivity index (χ0) is 12.9. The largest absolute Gasteiger partial charge is 0.351 e. The molecule has 0 saturated heterocycles. The first kappa shape index (κ1) is 14.2. The van der Waals surface area contributed by atoms with E-state index in [1.165, 1.54) is 10.4 Å². The van der Waals surface area contributed by atoms with Crippen molar-refractivity contribution in [2.24, 2.45) is 0 Å². The summed E-state index contributed by atoms with van der Waals surface area (Å²) in [5, 5.41) is 8.34. The lowest BCUT2D eigenvalue weighted by atomic mass is 10.1. The van der Waals surface area contributed by atoms with Crippen LogP contribution in [0.15, 0.2) is 11.4 Å². The van der Waals surface area contributed by atoms with Gasteiger partial charge in [0.15, 0.2) is 0 Å². The minimum Gasteiger partial charge on any atom is -0.351 e. The number of hydrogen-bond acceptors (Lipinski definition) is 3. The number of rotatable bonds is 5. The summed E-state index contributed by atoms with van der Waals surface area (Å²) in [5.41, 5.74) is 1.18. The zero-order valence-corrected chi connectivity index (χ0v) is 11.9. The van der Waals surface area contributed by atoms with Crippen LogP contribution in [0.1, 0.15) is 37.6 Å². The highest BCUT2D eigenvalue weighted by Crippen LogP contribution is 2.14. The van der Waals surface area contributed by atoms with Crippen molar-refractivity contribution in [1.29, 1.82) is 0 Å². The molecule has 0 aromatic carbocycles. The summed E-state index contributed by atoms with van der Waals surface area (Å²) in [6.07, 6.45) is 0.529. The average Bonchev–Trinajstić information content (AvgIpc) is 2.56. The molecule has 0 radical (unpaired) electrons. The summed E-state index contributed by atoms with van der Waals surface area (Å²) in [6.45, 7) is 9.67. The van der Waals surface area contributed by atoms with E-state index in [9.17, 15) is 4.79 Å². The topological polar surface area (TPSA) is 41.1 Å². The first-order chi connectivity index (χ1) is 7.88. The summed E-state index contributed by atoms with van der Waals surface area (Å²) < 4.78 is 0. The summed E-state index contributed by atoms with van der Waals surface area (Å²) >= 11 is 1.76. The molecule has 4 heteroatoms. The van der Waals surface area contributed by atoms with Crippen LogP contribution in [0.5, 0.6) is 0 Å². The lowest BCUT2D eigenvalue weighted by Gasteiger charge is -2.20. The van der Waals surface area contributed by atoms with Gasteiger partial charge in [-0.05, 0) is 44.7 Å². The molecule has 1 rings (SSSR count). The fourth-order valence-corrected chi connectivity index (χ4v) is 2.35. The van der Waals surface area contributed by atoms with Gasteiger partial charge in [0.05, 0.1) is 0 Å². The molecule has 0 saturated carbocycles. The number of carbonyl (C=O) groups excluding carboxylic acids is 1. The molecule has 0 unspecified atom stereocenters. The number of hydrogen-bond donors (Lipinski definition) is 2. The third-order valence-electron chi connectivity index (χ3n) is 2.30. The van der Waals surface area contributed by atoms with Gasteiger partial charge in [-0.2, -0.15) is 0 Å². The van der Waals surface area contributed by atoms with Crippen molar-refractivity contribution >= 4 is 17.2 Å². The lowest BCUT2D eigenvalue weighted by molar-refractivity contribution is -0.122. The summed E-state index contributed by atoms with van der Waals surface area (Å²) in [7, 11) is 0. The van der Waals surface area contributed by atoms with Gasteiger partial charge >= 0.3 is 0 Å². The molecule has 2 N–H and O–H groups in total. The highest BCUT2D eigenvalue weighted by atomic mass is 32.1. The minimum atomic E-state index is -0.137. The fraction of sp³-hybridized carbons (Fsp3) is 0.615. The Labute approximate surface area is 108 Å². The summed E-state index contributed by atoms with van der Waals surface area (Å²) in [5.74, 6) is 0.105. The third kappa shape index (κ3) is 5.84. The molecule has 96 valence electrons. The van der Waals surface area contributed by atoms with E-state index in [4.69, 9.17) is 0 Å². The highest BCUT2D eigenvalue weighted by molar-refractivity contribution is 7.10. The SMILES string of the molecule is Cc1ccsc1CNCCC(=O)NC(C)(C)C. The van der Waals surface area contributed by atoms with Gasteiger partial charge in [-0.15, -0.1) is 11.3 Å². The van der Waals surface area contributed by atoms with Gasteiger partial charge in [0.2, 0.25) is 5.91 Å². The molecule has 17 heavy (non-hydrogen) atoms. The zero-order valence-electron chi connectivity index (χ0n) is 11.1. The molecule has 0 aliphatic rings. The van der Waals surface area contributed by atoms with E-state index in [1.54, 1.807) is 11.3 Å². The van der Waals surface area contributed by atoms with E-state index in [2.05, 4.69) is 29.0 Å². The van der Waals surface area contributed by atoms with Gasteiger partial charge < -0.3 is 10.6 Å². The second kappa shape index (κ2) is 6.17. The molecular weight excluding hydrogens is 232 g/mol. The van der Waals surface area contributed by atoms with Gasteiger partial charge in [0.1, 0.15) is 0 Å². The van der Waals surface area contributed by atoms with Crippen LogP contribution in [-0.2, 0) is 11.3 Å². The van der Waals surface area contributed by atoms with E-state index in [-0.39, 0.29) is 11.4 Å². The molecule has 0 atom stereocenters. The Balaban J connectivity index is 2.17. The van der Waals surface area contributed by atoms with Crippen molar-refractivity contribution in [1.82, 2.24) is 10.6 Å². The van der Waals surface area contributed by atoms with Crippen LogP contribution in [0.3, 0.4) is 0 Å². The molecule has 0 aliphatic heterocycles. The van der Waals surface area contributed by atoms with Crippen LogP contribution in [-0.4, -0.2) is 18.0 Å². The molecule has 1 amide bonds. The Morgan fingerprint density at radius 3 is 2.65 bits per heavy atom. The van der Waals surface area contributed by atoms with Crippen LogP contribution >= 0.6 is 11.3 Å². The van der Waals surface area contributed by atoms with Crippen LogP contribution in [0.2, 0.25) is 0 Å². The second-order valence-corrected chi connectivity index (χ2v) is 6.25. The van der Waals surface area contributed by atoms with Crippen molar-refractivity contribution in [3.8, 4) is 0 Å². The quantitative estimate of drug-likeness (QED) is 0.793. The van der Waals surface area contributed by atoms with Crippen LogP contribution in [0, 0.1) is 6.92 Å². The first-order valence-electron chi connectivity index (χ1n) is 5.93. The number of carbonyl (C=O) groups is 1. The van der Waals surface area contributed by atoms with Gasteiger partial charge in [0, 0.05) is 29.9 Å². The van der Waals surface area contributed by atoms with E-state index < -0.39 is 0 Å². The maximum Gasteiger partial charge on any atom is 0.221 e. The predicted octanol–water partition coefficient (Wildman–Crippen LogP) is 2.45. The monoisotopic (exact) mass is 254 g/mol. The molecular formula is C13H22N2OS. The Kier molecular flexibility index (Phi) is 5.15. The normalized spacial score (nSPS) is 11.5. The van der Waals surface area contributed by atoms with Crippen molar-refractivity contribution in [2.75, 3.05) is 6.54 Å². The van der Waals surface area contributed by atoms with E-state index in [0.717, 1.165) is 13.1 Å². The molecule has 0 aliphatic carbocycles. The maximum absolute atomic E-state index is 11.5. The lowest BCUT2D eigenvalue weighted by Crippen LogP contribution is -2.41. The molecule has 1 aromatic rings. The van der Waals surface area contributed by atoms with Crippen molar-refractivity contribution in [2.45, 2.75) is 46.2 Å². The minimum absolute atomic E-state index is 0.105. The summed E-state index contributed by atoms with van der Waals surface area (Å²) in [4.78, 5) is 12.9. The van der Waals surface area contributed by atoms with Gasteiger partial charge in [-0.25, -0.2) is 0 Å². The molecule has 0 bridgehead atoms. The molecule has 0 spiro atoms. The van der Waals surface area contributed by atoms with Gasteiger partial charge in [0.25, 0.3) is 0 Å². The molecule has 1 aromatic heterocycles. The smallest absolute Gasteiger partial charge is 0.221 e. The average molecular weight is 254 g/mol. The van der Waals surface area contributed by atoms with E-state index >= 15 is 0 Å².